The Bertz CT molecular complexity index is 1850. The fraction of sp³-hybridized carbons (Fsp3) is 0.474. The summed E-state index contributed by atoms with van der Waals surface area (Å²) in [7, 11) is 0. The molecule has 0 aromatic carbocycles. The van der Waals surface area contributed by atoms with Gasteiger partial charge in [-0.25, -0.2) is 19.2 Å². The number of carbonyl (C=O) groups excluding carboxylic acids is 4. The van der Waals surface area contributed by atoms with Gasteiger partial charge >= 0.3 is 23.9 Å². The van der Waals surface area contributed by atoms with E-state index >= 15 is 0 Å². The minimum Gasteiger partial charge on any atom is -0.462 e. The molecule has 2 aromatic heterocycles. The maximum Gasteiger partial charge on any atom is 0.341 e. The predicted octanol–water partition coefficient (Wildman–Crippen LogP) is -1.17. The highest BCUT2D eigenvalue weighted by Gasteiger charge is 2.14. The van der Waals surface area contributed by atoms with Crippen LogP contribution < -0.4 is 21.3 Å². The summed E-state index contributed by atoms with van der Waals surface area (Å²) in [5.74, 6) is -2.21. The van der Waals surface area contributed by atoms with Crippen molar-refractivity contribution < 1.29 is 38.1 Å². The second-order valence-electron chi connectivity index (χ2n) is 13.1. The Hall–Kier alpha value is -7.00. The maximum absolute atomic E-state index is 12.9. The van der Waals surface area contributed by atoms with E-state index in [0.717, 1.165) is 0 Å². The van der Waals surface area contributed by atoms with E-state index < -0.39 is 23.9 Å². The number of aryl methyl sites for hydroxylation is 2. The van der Waals surface area contributed by atoms with Gasteiger partial charge in [0, 0.05) is 127 Å². The number of hydrogen-bond donors (Lipinski definition) is 4. The van der Waals surface area contributed by atoms with Crippen molar-refractivity contribution in [1.29, 1.82) is 0 Å². The van der Waals surface area contributed by atoms with E-state index in [1.165, 1.54) is 49.7 Å². The lowest BCUT2D eigenvalue weighted by atomic mass is 10.3. The second kappa shape index (κ2) is 25.4. The molecule has 0 unspecified atom stereocenters. The van der Waals surface area contributed by atoms with Crippen molar-refractivity contribution in [3.05, 3.63) is 70.9 Å². The minimum absolute atomic E-state index is 0.0650. The van der Waals surface area contributed by atoms with Crippen LogP contribution in [0.25, 0.3) is 0 Å². The Morgan fingerprint density at radius 3 is 1.10 bits per heavy atom. The summed E-state index contributed by atoms with van der Waals surface area (Å²) in [6.07, 6.45) is 16.9. The van der Waals surface area contributed by atoms with Crippen LogP contribution in [0.2, 0.25) is 0 Å². The van der Waals surface area contributed by atoms with Crippen molar-refractivity contribution in [2.75, 3.05) is 78.8 Å². The summed E-state index contributed by atoms with van der Waals surface area (Å²) in [6, 6.07) is 0. The van der Waals surface area contributed by atoms with Crippen LogP contribution in [0.4, 0.5) is 0 Å². The number of rotatable bonds is 0. The molecule has 320 valence electrons. The second-order valence-corrected chi connectivity index (χ2v) is 13.1. The highest BCUT2D eigenvalue weighted by atomic mass is 16.5. The quantitative estimate of drug-likeness (QED) is 0.180. The van der Waals surface area contributed by atoms with Gasteiger partial charge in [0.25, 0.3) is 0 Å². The van der Waals surface area contributed by atoms with E-state index in [4.69, 9.17) is 18.9 Å². The van der Waals surface area contributed by atoms with Crippen LogP contribution >= 0.6 is 0 Å². The first-order valence-corrected chi connectivity index (χ1v) is 19.6. The fourth-order valence-electron chi connectivity index (χ4n) is 5.23. The first-order valence-electron chi connectivity index (χ1n) is 19.6. The molecule has 8 bridgehead atoms. The molecule has 0 saturated heterocycles. The molecule has 0 atom stereocenters. The van der Waals surface area contributed by atoms with E-state index in [0.29, 0.717) is 103 Å². The van der Waals surface area contributed by atoms with E-state index in [2.05, 4.69) is 61.9 Å². The predicted molar refractivity (Wildman–Crippen MR) is 218 cm³/mol. The fourth-order valence-corrected chi connectivity index (χ4v) is 5.23. The standard InChI is InChI=1S/C38H50N14O8/c53-35-29-19-39-5-7-41-21-30(22-42-8-6-40-20-29)36(54)58-16-2-14-52-28-34(48-50-52)4-18-60-38(56)32-25-45-11-9-43-23-31(24-44-10-12-46-26-32)37(55)59-17-3-33-27-51(49-47-33)13-1-15-57-35/h19-28,39,42-43,46H,1-18H2/b29-19+,30-22?,31-23?,32-26-,40-20?,41-21?,44-24?,45-25?. The SMILES string of the molecule is O=C1OCCCn2cc(nn2)CCOC(=O)/C2=C\NCCN=CC(=CNCCN=C2)C(=O)OCCc2cn(nn2)CCCOC(=O)/C2=C/NCCN=CC1=CNCCN=C2. The first kappa shape index (κ1) is 44.1. The van der Waals surface area contributed by atoms with Gasteiger partial charge in [0.05, 0.1) is 86.3 Å². The monoisotopic (exact) mass is 830 g/mol. The molecule has 6 aliphatic rings. The third-order valence-electron chi connectivity index (χ3n) is 8.32. The van der Waals surface area contributed by atoms with E-state index in [1.807, 2.05) is 0 Å². The van der Waals surface area contributed by atoms with Crippen LogP contribution in [-0.4, -0.2) is 158 Å². The van der Waals surface area contributed by atoms with Crippen molar-refractivity contribution in [3.63, 3.8) is 0 Å². The van der Waals surface area contributed by atoms with Crippen molar-refractivity contribution in [2.24, 2.45) is 20.0 Å². The number of aromatic nitrogens is 6. The molecule has 0 amide bonds. The van der Waals surface area contributed by atoms with Gasteiger partial charge in [-0.1, -0.05) is 10.4 Å². The van der Waals surface area contributed by atoms with Crippen molar-refractivity contribution in [2.45, 2.75) is 38.8 Å². The summed E-state index contributed by atoms with van der Waals surface area (Å²) in [4.78, 5) is 68.8. The molecule has 60 heavy (non-hydrogen) atoms. The van der Waals surface area contributed by atoms with E-state index in [9.17, 15) is 19.2 Å². The number of nitrogens with zero attached hydrogens (tertiary/aromatic N) is 10. The molecule has 0 fully saturated rings. The smallest absolute Gasteiger partial charge is 0.341 e. The molecular formula is C38H50N14O8. The van der Waals surface area contributed by atoms with Crippen molar-refractivity contribution in [3.8, 4) is 0 Å². The normalized spacial score (nSPS) is 21.2. The van der Waals surface area contributed by atoms with Crippen LogP contribution in [0.1, 0.15) is 24.2 Å². The lowest BCUT2D eigenvalue weighted by molar-refractivity contribution is -0.139. The summed E-state index contributed by atoms with van der Waals surface area (Å²) >= 11 is 0. The average molecular weight is 831 g/mol. The Kier molecular flexibility index (Phi) is 18.7. The first-order chi connectivity index (χ1) is 29.4. The van der Waals surface area contributed by atoms with Gasteiger partial charge in [0.15, 0.2) is 0 Å². The largest absolute Gasteiger partial charge is 0.462 e. The zero-order valence-corrected chi connectivity index (χ0v) is 33.2. The summed E-state index contributed by atoms with van der Waals surface area (Å²) in [6.45, 7) is 3.98. The van der Waals surface area contributed by atoms with Gasteiger partial charge in [-0.15, -0.1) is 10.2 Å². The van der Waals surface area contributed by atoms with Gasteiger partial charge in [0.1, 0.15) is 0 Å². The zero-order chi connectivity index (χ0) is 42.0. The average Bonchev–Trinajstić information content (AvgIpc) is 3.91. The van der Waals surface area contributed by atoms with Gasteiger partial charge in [0.2, 0.25) is 0 Å². The Balaban J connectivity index is 1.22. The molecule has 22 nitrogen and oxygen atoms in total. The Morgan fingerprint density at radius 2 is 0.767 bits per heavy atom. The molecule has 8 heterocycles. The molecule has 4 N–H and O–H groups in total. The number of nitrogens with one attached hydrogen (secondary N) is 4. The molecule has 0 saturated carbocycles. The third kappa shape index (κ3) is 16.1. The van der Waals surface area contributed by atoms with Gasteiger partial charge in [-0.05, 0) is 0 Å². The molecule has 6 aliphatic heterocycles. The summed E-state index contributed by atoms with van der Waals surface area (Å²) in [5, 5.41) is 28.7. The summed E-state index contributed by atoms with van der Waals surface area (Å²) < 4.78 is 25.2. The molecule has 0 radical (unpaired) electrons. The van der Waals surface area contributed by atoms with Crippen molar-refractivity contribution in [1.82, 2.24) is 51.3 Å². The lowest BCUT2D eigenvalue weighted by Crippen LogP contribution is -2.20. The number of esters is 4. The maximum atomic E-state index is 12.9. The summed E-state index contributed by atoms with van der Waals surface area (Å²) in [5.41, 5.74) is 2.19. The Labute approximate surface area is 346 Å². The van der Waals surface area contributed by atoms with Gasteiger partial charge in [-0.2, -0.15) is 0 Å². The number of hydrogen-bond acceptors (Lipinski definition) is 20. The number of carbonyl (C=O) groups is 4. The molecule has 0 spiro atoms. The molecule has 22 heteroatoms. The van der Waals surface area contributed by atoms with Crippen LogP contribution in [0.3, 0.4) is 0 Å². The van der Waals surface area contributed by atoms with Gasteiger partial charge in [-0.3, -0.25) is 29.3 Å². The molecule has 0 aliphatic carbocycles. The zero-order valence-electron chi connectivity index (χ0n) is 33.2. The van der Waals surface area contributed by atoms with E-state index in [1.54, 1.807) is 21.8 Å². The molecular weight excluding hydrogens is 781 g/mol. The highest BCUT2D eigenvalue weighted by molar-refractivity contribution is 6.11. The van der Waals surface area contributed by atoms with Crippen LogP contribution in [-0.2, 0) is 64.1 Å². The lowest BCUT2D eigenvalue weighted by Gasteiger charge is -2.08. The van der Waals surface area contributed by atoms with Crippen molar-refractivity contribution >= 4 is 48.7 Å². The van der Waals surface area contributed by atoms with E-state index in [-0.39, 0.29) is 48.7 Å². The Morgan fingerprint density at radius 1 is 0.450 bits per heavy atom. The van der Waals surface area contributed by atoms with Crippen LogP contribution in [0, 0.1) is 0 Å². The number of ether oxygens (including phenoxy) is 4. The van der Waals surface area contributed by atoms with Crippen LogP contribution in [0.5, 0.6) is 0 Å². The third-order valence-corrected chi connectivity index (χ3v) is 8.32. The van der Waals surface area contributed by atoms with Gasteiger partial charge < -0.3 is 40.2 Å². The molecule has 8 rings (SSSR count). The number of aliphatic imine (C=N–C) groups is 4. The topological polar surface area (TPSA) is 264 Å². The highest BCUT2D eigenvalue weighted by Crippen LogP contribution is 2.04. The molecule has 2 aromatic rings. The minimum atomic E-state index is -0.562. The van der Waals surface area contributed by atoms with Crippen LogP contribution in [0.15, 0.2) is 79.5 Å².